The van der Waals surface area contributed by atoms with E-state index in [1.54, 1.807) is 13.3 Å². The summed E-state index contributed by atoms with van der Waals surface area (Å²) in [6.07, 6.45) is 2.52. The molecule has 0 aliphatic heterocycles. The third-order valence-corrected chi connectivity index (χ3v) is 1.91. The van der Waals surface area contributed by atoms with Gasteiger partial charge in [-0.05, 0) is 18.0 Å². The van der Waals surface area contributed by atoms with E-state index in [0.717, 1.165) is 25.4 Å². The van der Waals surface area contributed by atoms with Crippen molar-refractivity contribution in [3.63, 3.8) is 0 Å². The van der Waals surface area contributed by atoms with Crippen LogP contribution in [-0.2, 0) is 4.74 Å². The first-order valence-electron chi connectivity index (χ1n) is 4.29. The molecule has 0 aliphatic rings. The molecule has 0 fully saturated rings. The van der Waals surface area contributed by atoms with Crippen molar-refractivity contribution in [2.45, 2.75) is 6.42 Å². The Balaban J connectivity index is 2.47. The summed E-state index contributed by atoms with van der Waals surface area (Å²) in [6, 6.07) is 0. The SMILES string of the molecule is COCCCN(C)c1cnnc(Cl)n1. The summed E-state index contributed by atoms with van der Waals surface area (Å²) in [6.45, 7) is 1.58. The van der Waals surface area contributed by atoms with Crippen LogP contribution in [0.1, 0.15) is 6.42 Å². The van der Waals surface area contributed by atoms with Crippen LogP contribution in [-0.4, -0.2) is 42.5 Å². The standard InChI is InChI=1S/C8H13ClN4O/c1-13(4-3-5-14-2)7-6-10-12-8(9)11-7/h6H,3-5H2,1-2H3. The monoisotopic (exact) mass is 216 g/mol. The van der Waals surface area contributed by atoms with Gasteiger partial charge in [-0.25, -0.2) is 0 Å². The maximum absolute atomic E-state index is 5.61. The van der Waals surface area contributed by atoms with Gasteiger partial charge in [-0.3, -0.25) is 0 Å². The second-order valence-electron chi connectivity index (χ2n) is 2.85. The van der Waals surface area contributed by atoms with Gasteiger partial charge in [0.15, 0.2) is 5.82 Å². The van der Waals surface area contributed by atoms with Crippen LogP contribution >= 0.6 is 11.6 Å². The summed E-state index contributed by atoms with van der Waals surface area (Å²) >= 11 is 5.61. The van der Waals surface area contributed by atoms with Gasteiger partial charge in [-0.1, -0.05) is 0 Å². The average molecular weight is 217 g/mol. The van der Waals surface area contributed by atoms with Crippen molar-refractivity contribution in [3.8, 4) is 0 Å². The lowest BCUT2D eigenvalue weighted by Crippen LogP contribution is -2.21. The Labute approximate surface area is 88.1 Å². The Hall–Kier alpha value is -0.940. The van der Waals surface area contributed by atoms with Crippen molar-refractivity contribution in [1.82, 2.24) is 15.2 Å². The van der Waals surface area contributed by atoms with Gasteiger partial charge in [0.05, 0.1) is 6.20 Å². The van der Waals surface area contributed by atoms with E-state index in [1.807, 2.05) is 11.9 Å². The van der Waals surface area contributed by atoms with Gasteiger partial charge in [0, 0.05) is 27.3 Å². The number of nitrogens with zero attached hydrogens (tertiary/aromatic N) is 4. The van der Waals surface area contributed by atoms with Crippen molar-refractivity contribution in [1.29, 1.82) is 0 Å². The van der Waals surface area contributed by atoms with Crippen LogP contribution in [0.15, 0.2) is 6.20 Å². The zero-order valence-electron chi connectivity index (χ0n) is 8.27. The van der Waals surface area contributed by atoms with Crippen LogP contribution in [0.25, 0.3) is 0 Å². The Morgan fingerprint density at radius 1 is 1.57 bits per heavy atom. The van der Waals surface area contributed by atoms with Crippen LogP contribution in [0.5, 0.6) is 0 Å². The fourth-order valence-corrected chi connectivity index (χ4v) is 1.15. The highest BCUT2D eigenvalue weighted by Crippen LogP contribution is 2.08. The zero-order chi connectivity index (χ0) is 10.4. The number of hydrogen-bond donors (Lipinski definition) is 0. The largest absolute Gasteiger partial charge is 0.385 e. The van der Waals surface area contributed by atoms with E-state index in [0.29, 0.717) is 0 Å². The molecule has 0 spiro atoms. The van der Waals surface area contributed by atoms with E-state index in [-0.39, 0.29) is 5.28 Å². The van der Waals surface area contributed by atoms with Crippen molar-refractivity contribution >= 4 is 17.4 Å². The molecule has 1 rings (SSSR count). The van der Waals surface area contributed by atoms with Crippen molar-refractivity contribution in [3.05, 3.63) is 11.5 Å². The van der Waals surface area contributed by atoms with Crippen molar-refractivity contribution in [2.75, 3.05) is 32.2 Å². The summed E-state index contributed by atoms with van der Waals surface area (Å²) < 4.78 is 4.95. The number of rotatable bonds is 5. The fourth-order valence-electron chi connectivity index (χ4n) is 1.02. The van der Waals surface area contributed by atoms with E-state index in [4.69, 9.17) is 16.3 Å². The second-order valence-corrected chi connectivity index (χ2v) is 3.19. The summed E-state index contributed by atoms with van der Waals surface area (Å²) in [7, 11) is 3.61. The number of methoxy groups -OCH3 is 1. The molecule has 0 radical (unpaired) electrons. The molecule has 0 amide bonds. The topological polar surface area (TPSA) is 51.1 Å². The predicted octanol–water partition coefficient (Wildman–Crippen LogP) is 0.998. The van der Waals surface area contributed by atoms with Gasteiger partial charge in [0.25, 0.3) is 0 Å². The molecule has 0 aromatic carbocycles. The molecule has 0 atom stereocenters. The first-order valence-corrected chi connectivity index (χ1v) is 4.67. The fraction of sp³-hybridized carbons (Fsp3) is 0.625. The lowest BCUT2D eigenvalue weighted by molar-refractivity contribution is 0.196. The highest BCUT2D eigenvalue weighted by Gasteiger charge is 2.03. The summed E-state index contributed by atoms with van der Waals surface area (Å²) in [5.41, 5.74) is 0. The third-order valence-electron chi connectivity index (χ3n) is 1.75. The number of aromatic nitrogens is 3. The number of ether oxygens (including phenoxy) is 1. The third kappa shape index (κ3) is 3.43. The normalized spacial score (nSPS) is 10.2. The van der Waals surface area contributed by atoms with E-state index >= 15 is 0 Å². The van der Waals surface area contributed by atoms with Gasteiger partial charge in [0.2, 0.25) is 5.28 Å². The Bertz CT molecular complexity index is 284. The lowest BCUT2D eigenvalue weighted by Gasteiger charge is -2.16. The molecule has 1 aromatic heterocycles. The minimum Gasteiger partial charge on any atom is -0.385 e. The molecule has 1 heterocycles. The molecule has 0 N–H and O–H groups in total. The van der Waals surface area contributed by atoms with E-state index in [1.165, 1.54) is 0 Å². The number of halogens is 1. The molecule has 1 aromatic rings. The molecule has 0 unspecified atom stereocenters. The first kappa shape index (κ1) is 11.1. The summed E-state index contributed by atoms with van der Waals surface area (Å²) in [4.78, 5) is 5.99. The Kier molecular flexibility index (Phi) is 4.55. The van der Waals surface area contributed by atoms with E-state index in [2.05, 4.69) is 15.2 Å². The molecule has 0 bridgehead atoms. The van der Waals surface area contributed by atoms with Crippen LogP contribution in [0, 0.1) is 0 Å². The highest BCUT2D eigenvalue weighted by molar-refractivity contribution is 6.28. The molecular formula is C8H13ClN4O. The minimum absolute atomic E-state index is 0.168. The predicted molar refractivity (Wildman–Crippen MR) is 54.6 cm³/mol. The van der Waals surface area contributed by atoms with E-state index in [9.17, 15) is 0 Å². The van der Waals surface area contributed by atoms with Gasteiger partial charge in [-0.15, -0.1) is 5.10 Å². The quantitative estimate of drug-likeness (QED) is 0.688. The molecule has 0 saturated carbocycles. The maximum atomic E-state index is 5.61. The van der Waals surface area contributed by atoms with Gasteiger partial charge in [0.1, 0.15) is 0 Å². The summed E-state index contributed by atoms with van der Waals surface area (Å²) in [5.74, 6) is 0.723. The first-order chi connectivity index (χ1) is 6.74. The van der Waals surface area contributed by atoms with Crippen LogP contribution in [0.2, 0.25) is 5.28 Å². The van der Waals surface area contributed by atoms with Gasteiger partial charge in [-0.2, -0.15) is 10.1 Å². The van der Waals surface area contributed by atoms with Gasteiger partial charge < -0.3 is 9.64 Å². The van der Waals surface area contributed by atoms with Gasteiger partial charge >= 0.3 is 0 Å². The molecule has 14 heavy (non-hydrogen) atoms. The average Bonchev–Trinajstić information content (AvgIpc) is 2.18. The maximum Gasteiger partial charge on any atom is 0.244 e. The van der Waals surface area contributed by atoms with Crippen LogP contribution < -0.4 is 4.90 Å². The van der Waals surface area contributed by atoms with E-state index < -0.39 is 0 Å². The van der Waals surface area contributed by atoms with Crippen LogP contribution in [0.3, 0.4) is 0 Å². The van der Waals surface area contributed by atoms with Crippen LogP contribution in [0.4, 0.5) is 5.82 Å². The highest BCUT2D eigenvalue weighted by atomic mass is 35.5. The smallest absolute Gasteiger partial charge is 0.244 e. The lowest BCUT2D eigenvalue weighted by atomic mass is 10.4. The Morgan fingerprint density at radius 3 is 3.00 bits per heavy atom. The second kappa shape index (κ2) is 5.72. The number of anilines is 1. The Morgan fingerprint density at radius 2 is 2.36 bits per heavy atom. The number of hydrogen-bond acceptors (Lipinski definition) is 5. The molecule has 5 nitrogen and oxygen atoms in total. The molecule has 0 saturated heterocycles. The molecule has 78 valence electrons. The van der Waals surface area contributed by atoms with Crippen molar-refractivity contribution < 1.29 is 4.74 Å². The molecular weight excluding hydrogens is 204 g/mol. The minimum atomic E-state index is 0.168. The summed E-state index contributed by atoms with van der Waals surface area (Å²) in [5, 5.41) is 7.46. The zero-order valence-corrected chi connectivity index (χ0v) is 9.03. The molecule has 6 heteroatoms. The molecule has 0 aliphatic carbocycles. The van der Waals surface area contributed by atoms with Crippen molar-refractivity contribution in [2.24, 2.45) is 0 Å².